The van der Waals surface area contributed by atoms with Crippen LogP contribution in [0.5, 0.6) is 0 Å². The molecule has 0 aliphatic carbocycles. The molecule has 1 unspecified atom stereocenters. The number of nitrogens with zero attached hydrogens (tertiary/aromatic N) is 2. The zero-order valence-electron chi connectivity index (χ0n) is 14.4. The van der Waals surface area contributed by atoms with Crippen molar-refractivity contribution in [2.45, 2.75) is 25.6 Å². The van der Waals surface area contributed by atoms with Crippen LogP contribution in [0.3, 0.4) is 0 Å². The monoisotopic (exact) mass is 466 g/mol. The molecule has 2 rings (SSSR count). The van der Waals surface area contributed by atoms with E-state index in [0.717, 1.165) is 6.54 Å². The van der Waals surface area contributed by atoms with Crippen LogP contribution < -0.4 is 10.6 Å². The Morgan fingerprint density at radius 3 is 2.62 bits per heavy atom. The highest BCUT2D eigenvalue weighted by Crippen LogP contribution is 2.11. The molecule has 0 radical (unpaired) electrons. The van der Waals surface area contributed by atoms with Crippen LogP contribution in [-0.2, 0) is 22.9 Å². The number of aliphatic imine (C=N–C) groups is 1. The maximum Gasteiger partial charge on any atom is 0.191 e. The zero-order valence-corrected chi connectivity index (χ0v) is 17.6. The highest BCUT2D eigenvalue weighted by atomic mass is 127. The average Bonchev–Trinajstić information content (AvgIpc) is 2.82. The number of guanidine groups is 1. The first-order valence-corrected chi connectivity index (χ1v) is 9.60. The van der Waals surface area contributed by atoms with Crippen LogP contribution in [-0.4, -0.2) is 58.0 Å². The Morgan fingerprint density at radius 2 is 2.04 bits per heavy atom. The van der Waals surface area contributed by atoms with E-state index in [9.17, 15) is 8.42 Å². The minimum absolute atomic E-state index is 0. The number of hydrogen-bond acceptors (Lipinski definition) is 4. The predicted molar refractivity (Wildman–Crippen MR) is 110 cm³/mol. The summed E-state index contributed by atoms with van der Waals surface area (Å²) in [4.78, 5) is 6.31. The Morgan fingerprint density at radius 1 is 1.33 bits per heavy atom. The lowest BCUT2D eigenvalue weighted by atomic mass is 10.1. The summed E-state index contributed by atoms with van der Waals surface area (Å²) in [6.45, 7) is 1.56. The van der Waals surface area contributed by atoms with Gasteiger partial charge in [0.15, 0.2) is 15.8 Å². The van der Waals surface area contributed by atoms with Crippen molar-refractivity contribution in [3.63, 3.8) is 0 Å². The van der Waals surface area contributed by atoms with Crippen LogP contribution in [0.2, 0.25) is 0 Å². The number of hydrogen-bond donors (Lipinski definition) is 2. The lowest BCUT2D eigenvalue weighted by Crippen LogP contribution is -2.43. The maximum atomic E-state index is 11.5. The minimum atomic E-state index is -2.88. The Kier molecular flexibility index (Phi) is 8.44. The van der Waals surface area contributed by atoms with Gasteiger partial charge in [-0.1, -0.05) is 24.3 Å². The lowest BCUT2D eigenvalue weighted by molar-refractivity contribution is 0.402. The Hall–Kier alpha value is -0.870. The first-order valence-electron chi connectivity index (χ1n) is 7.78. The summed E-state index contributed by atoms with van der Waals surface area (Å²) >= 11 is 0. The van der Waals surface area contributed by atoms with Crippen LogP contribution in [0.25, 0.3) is 0 Å². The van der Waals surface area contributed by atoms with Gasteiger partial charge in [-0.15, -0.1) is 24.0 Å². The minimum Gasteiger partial charge on any atom is -0.353 e. The number of benzene rings is 1. The van der Waals surface area contributed by atoms with E-state index in [1.54, 1.807) is 7.05 Å². The molecule has 1 atom stereocenters. The molecule has 136 valence electrons. The Bertz CT molecular complexity index is 662. The van der Waals surface area contributed by atoms with Crippen molar-refractivity contribution in [3.05, 3.63) is 35.4 Å². The van der Waals surface area contributed by atoms with Crippen molar-refractivity contribution in [2.24, 2.45) is 4.99 Å². The van der Waals surface area contributed by atoms with Gasteiger partial charge in [-0.3, -0.25) is 4.99 Å². The highest BCUT2D eigenvalue weighted by molar-refractivity contribution is 14.0. The van der Waals surface area contributed by atoms with Crippen molar-refractivity contribution in [1.82, 2.24) is 15.5 Å². The number of rotatable bonds is 5. The molecule has 6 nitrogen and oxygen atoms in total. The van der Waals surface area contributed by atoms with Gasteiger partial charge < -0.3 is 15.5 Å². The summed E-state index contributed by atoms with van der Waals surface area (Å²) in [5.41, 5.74) is 2.44. The molecule has 0 spiro atoms. The molecule has 2 N–H and O–H groups in total. The van der Waals surface area contributed by atoms with Crippen molar-refractivity contribution in [3.8, 4) is 0 Å². The van der Waals surface area contributed by atoms with Gasteiger partial charge >= 0.3 is 0 Å². The second-order valence-electron chi connectivity index (χ2n) is 6.23. The van der Waals surface area contributed by atoms with Gasteiger partial charge in [0.25, 0.3) is 0 Å². The average molecular weight is 466 g/mol. The molecule has 8 heteroatoms. The first kappa shape index (κ1) is 21.2. The highest BCUT2D eigenvalue weighted by Gasteiger charge is 2.28. The lowest BCUT2D eigenvalue weighted by Gasteiger charge is -2.16. The summed E-state index contributed by atoms with van der Waals surface area (Å²) in [5.74, 6) is 1.09. The van der Waals surface area contributed by atoms with Gasteiger partial charge in [0.1, 0.15) is 0 Å². The Balaban J connectivity index is 0.00000288. The van der Waals surface area contributed by atoms with E-state index in [4.69, 9.17) is 0 Å². The molecule has 1 heterocycles. The van der Waals surface area contributed by atoms with E-state index >= 15 is 0 Å². The molecule has 1 saturated heterocycles. The van der Waals surface area contributed by atoms with Crippen LogP contribution in [0.15, 0.2) is 29.3 Å². The van der Waals surface area contributed by atoms with Crippen molar-refractivity contribution in [1.29, 1.82) is 0 Å². The molecule has 1 fully saturated rings. The zero-order chi connectivity index (χ0) is 16.9. The molecular formula is C16H27IN4O2S. The molecular weight excluding hydrogens is 439 g/mol. The van der Waals surface area contributed by atoms with E-state index in [0.29, 0.717) is 18.9 Å². The van der Waals surface area contributed by atoms with Gasteiger partial charge in [-0.05, 0) is 31.6 Å². The van der Waals surface area contributed by atoms with Gasteiger partial charge in [-0.2, -0.15) is 0 Å². The standard InChI is InChI=1S/C16H26N4O2S.HI/c1-17-16(19-15-7-8-23(21,22)12-15)18-10-13-5-4-6-14(9-13)11-20(2)3;/h4-6,9,15H,7-8,10-12H2,1-3H3,(H2,17,18,19);1H. The number of sulfone groups is 1. The molecule has 0 amide bonds. The topological polar surface area (TPSA) is 73.8 Å². The SMILES string of the molecule is CN=C(NCc1cccc(CN(C)C)c1)NC1CCS(=O)(=O)C1.I. The molecule has 24 heavy (non-hydrogen) atoms. The third kappa shape index (κ3) is 6.94. The fourth-order valence-electron chi connectivity index (χ4n) is 2.69. The van der Waals surface area contributed by atoms with E-state index in [2.05, 4.69) is 44.8 Å². The van der Waals surface area contributed by atoms with Crippen molar-refractivity contribution in [2.75, 3.05) is 32.6 Å². The van der Waals surface area contributed by atoms with Gasteiger partial charge in [0.05, 0.1) is 11.5 Å². The van der Waals surface area contributed by atoms with E-state index in [1.165, 1.54) is 11.1 Å². The summed E-state index contributed by atoms with van der Waals surface area (Å²) in [7, 11) is 2.91. The summed E-state index contributed by atoms with van der Waals surface area (Å²) in [6, 6.07) is 8.35. The van der Waals surface area contributed by atoms with Gasteiger partial charge in [0, 0.05) is 26.2 Å². The molecule has 0 saturated carbocycles. The third-order valence-electron chi connectivity index (χ3n) is 3.75. The summed E-state index contributed by atoms with van der Waals surface area (Å²) in [5, 5.41) is 6.44. The third-order valence-corrected chi connectivity index (χ3v) is 5.51. The van der Waals surface area contributed by atoms with Crippen molar-refractivity contribution >= 4 is 39.8 Å². The van der Waals surface area contributed by atoms with Crippen LogP contribution in [0, 0.1) is 0 Å². The predicted octanol–water partition coefficient (Wildman–Crippen LogP) is 1.22. The molecule has 1 aliphatic rings. The van der Waals surface area contributed by atoms with Crippen molar-refractivity contribution < 1.29 is 8.42 Å². The molecule has 1 aromatic carbocycles. The van der Waals surface area contributed by atoms with Crippen LogP contribution in [0.1, 0.15) is 17.5 Å². The number of nitrogens with one attached hydrogen (secondary N) is 2. The van der Waals surface area contributed by atoms with Crippen LogP contribution >= 0.6 is 24.0 Å². The molecule has 0 bridgehead atoms. The molecule has 0 aromatic heterocycles. The molecule has 1 aromatic rings. The summed E-state index contributed by atoms with van der Waals surface area (Å²) in [6.07, 6.45) is 0.640. The van der Waals surface area contributed by atoms with Crippen LogP contribution in [0.4, 0.5) is 0 Å². The van der Waals surface area contributed by atoms with E-state index in [-0.39, 0.29) is 41.5 Å². The van der Waals surface area contributed by atoms with E-state index in [1.807, 2.05) is 14.1 Å². The number of halogens is 1. The van der Waals surface area contributed by atoms with Gasteiger partial charge in [-0.25, -0.2) is 8.42 Å². The first-order chi connectivity index (χ1) is 10.9. The Labute approximate surface area is 162 Å². The van der Waals surface area contributed by atoms with Gasteiger partial charge in [0.2, 0.25) is 0 Å². The largest absolute Gasteiger partial charge is 0.353 e. The second kappa shape index (κ2) is 9.57. The smallest absolute Gasteiger partial charge is 0.191 e. The quantitative estimate of drug-likeness (QED) is 0.388. The maximum absolute atomic E-state index is 11.5. The van der Waals surface area contributed by atoms with E-state index < -0.39 is 9.84 Å². The molecule has 1 aliphatic heterocycles. The normalized spacial score (nSPS) is 19.8. The summed E-state index contributed by atoms with van der Waals surface area (Å²) < 4.78 is 23.0. The second-order valence-corrected chi connectivity index (χ2v) is 8.46. The fraction of sp³-hybridized carbons (Fsp3) is 0.562. The fourth-order valence-corrected chi connectivity index (χ4v) is 4.36.